The molecule has 4 heteroatoms. The molecule has 13 rings (SSSR count). The Morgan fingerprint density at radius 3 is 1.89 bits per heavy atom. The first kappa shape index (κ1) is 38.4. The van der Waals surface area contributed by atoms with Gasteiger partial charge in [0.05, 0.1) is 5.52 Å². The van der Waals surface area contributed by atoms with Crippen molar-refractivity contribution in [2.75, 3.05) is 10.2 Å². The molecule has 2 aliphatic heterocycles. The third-order valence-electron chi connectivity index (χ3n) is 14.2. The number of benzene rings is 10. The van der Waals surface area contributed by atoms with Crippen LogP contribution in [0, 0.1) is 6.92 Å². The number of nitrogens with zero attached hydrogens (tertiary/aromatic N) is 2. The fourth-order valence-corrected chi connectivity index (χ4v) is 11.1. The van der Waals surface area contributed by atoms with E-state index in [1.807, 2.05) is 0 Å². The van der Waals surface area contributed by atoms with Crippen molar-refractivity contribution in [2.24, 2.45) is 0 Å². The Bertz CT molecular complexity index is 3680. The molecule has 0 unspecified atom stereocenters. The van der Waals surface area contributed by atoms with Crippen LogP contribution >= 0.6 is 0 Å². The Morgan fingerprint density at radius 2 is 1.15 bits per heavy atom. The number of aryl methyl sites for hydroxylation is 1. The van der Waals surface area contributed by atoms with Gasteiger partial charge in [0.25, 0.3) is 0 Å². The van der Waals surface area contributed by atoms with E-state index in [0.29, 0.717) is 0 Å². The Morgan fingerprint density at radius 1 is 0.485 bits per heavy atom. The molecule has 311 valence electrons. The molecule has 0 spiro atoms. The van der Waals surface area contributed by atoms with E-state index in [1.165, 1.54) is 93.7 Å². The highest BCUT2D eigenvalue weighted by atomic mass is 15.1. The average molecular weight is 843 g/mol. The molecule has 0 bridgehead atoms. The highest BCUT2D eigenvalue weighted by molar-refractivity contribution is 6.74. The first-order valence-electron chi connectivity index (χ1n) is 23.0. The van der Waals surface area contributed by atoms with Crippen LogP contribution in [0.25, 0.3) is 71.6 Å². The summed E-state index contributed by atoms with van der Waals surface area (Å²) in [6.07, 6.45) is 0. The van der Waals surface area contributed by atoms with Gasteiger partial charge in [-0.25, -0.2) is 0 Å². The molecular weight excluding hydrogens is 798 g/mol. The van der Waals surface area contributed by atoms with Gasteiger partial charge < -0.3 is 14.8 Å². The van der Waals surface area contributed by atoms with E-state index in [0.717, 1.165) is 34.0 Å². The lowest BCUT2D eigenvalue weighted by molar-refractivity contribution is 0.632. The van der Waals surface area contributed by atoms with Gasteiger partial charge in [-0.2, -0.15) is 0 Å². The second kappa shape index (κ2) is 14.7. The molecule has 0 atom stereocenters. The molecule has 1 aromatic heterocycles. The fraction of sp³-hybridized carbons (Fsp3) is 0.0645. The molecule has 0 saturated heterocycles. The molecule has 0 fully saturated rings. The Balaban J connectivity index is 1.18. The minimum atomic E-state index is -0.224. The second-order valence-corrected chi connectivity index (χ2v) is 18.5. The van der Waals surface area contributed by atoms with E-state index in [1.54, 1.807) is 0 Å². The SMILES string of the molecule is Cc1ccc(Nc2cc(N(c3ccccc3)c3ccccc3)ccc2-c2cc(-c3ccccc3-c3ccccc3)c3c4c5ccccc5cc5c4n4c3c2[B]c2cccc(c2-4)C5(C)C)cc1. The van der Waals surface area contributed by atoms with Crippen molar-refractivity contribution in [3.05, 3.63) is 229 Å². The number of nitrogens with one attached hydrogen (secondary N) is 1. The topological polar surface area (TPSA) is 20.2 Å². The van der Waals surface area contributed by atoms with Crippen molar-refractivity contribution in [1.82, 2.24) is 4.57 Å². The number of hydrogen-bond acceptors (Lipinski definition) is 2. The van der Waals surface area contributed by atoms with E-state index in [9.17, 15) is 0 Å². The maximum absolute atomic E-state index is 3.98. The van der Waals surface area contributed by atoms with Gasteiger partial charge in [0.2, 0.25) is 0 Å². The predicted molar refractivity (Wildman–Crippen MR) is 281 cm³/mol. The highest BCUT2D eigenvalue weighted by Crippen LogP contribution is 2.53. The number of para-hydroxylation sites is 3. The van der Waals surface area contributed by atoms with Crippen LogP contribution in [0.5, 0.6) is 0 Å². The number of fused-ring (bicyclic) bond motifs is 3. The highest BCUT2D eigenvalue weighted by Gasteiger charge is 2.40. The summed E-state index contributed by atoms with van der Waals surface area (Å²) in [6.45, 7) is 6.97. The average Bonchev–Trinajstić information content (AvgIpc) is 3.73. The second-order valence-electron chi connectivity index (χ2n) is 18.5. The van der Waals surface area contributed by atoms with Gasteiger partial charge in [-0.1, -0.05) is 177 Å². The minimum absolute atomic E-state index is 0.224. The zero-order valence-electron chi connectivity index (χ0n) is 37.2. The van der Waals surface area contributed by atoms with Crippen LogP contribution in [0.2, 0.25) is 0 Å². The zero-order valence-corrected chi connectivity index (χ0v) is 37.2. The lowest BCUT2D eigenvalue weighted by atomic mass is 9.57. The van der Waals surface area contributed by atoms with Crippen LogP contribution in [0.15, 0.2) is 212 Å². The first-order chi connectivity index (χ1) is 32.4. The quantitative estimate of drug-likeness (QED) is 0.154. The lowest BCUT2D eigenvalue weighted by Crippen LogP contribution is -2.41. The van der Waals surface area contributed by atoms with E-state index in [2.05, 4.69) is 255 Å². The third kappa shape index (κ3) is 5.77. The Labute approximate surface area is 386 Å². The van der Waals surface area contributed by atoms with E-state index < -0.39 is 0 Å². The maximum atomic E-state index is 3.98. The van der Waals surface area contributed by atoms with Crippen LogP contribution in [-0.4, -0.2) is 11.8 Å². The maximum Gasteiger partial charge on any atom is 0.197 e. The van der Waals surface area contributed by atoms with Crippen molar-refractivity contribution in [2.45, 2.75) is 26.2 Å². The lowest BCUT2D eigenvalue weighted by Gasteiger charge is -2.38. The summed E-state index contributed by atoms with van der Waals surface area (Å²) in [5.74, 6) is 0. The summed E-state index contributed by atoms with van der Waals surface area (Å²) in [5, 5.41) is 9.14. The molecular formula is C62H45BN3. The Hall–Kier alpha value is -8.08. The predicted octanol–water partition coefficient (Wildman–Crippen LogP) is 15.1. The molecule has 66 heavy (non-hydrogen) atoms. The van der Waals surface area contributed by atoms with Gasteiger partial charge >= 0.3 is 0 Å². The molecule has 11 aromatic rings. The van der Waals surface area contributed by atoms with Gasteiger partial charge in [0.1, 0.15) is 0 Å². The van der Waals surface area contributed by atoms with Crippen LogP contribution < -0.4 is 21.1 Å². The molecule has 3 heterocycles. The van der Waals surface area contributed by atoms with Crippen LogP contribution in [0.1, 0.15) is 30.5 Å². The molecule has 1 N–H and O–H groups in total. The van der Waals surface area contributed by atoms with Crippen molar-refractivity contribution in [1.29, 1.82) is 0 Å². The van der Waals surface area contributed by atoms with Crippen molar-refractivity contribution in [3.8, 4) is 39.1 Å². The number of anilines is 5. The van der Waals surface area contributed by atoms with E-state index in [-0.39, 0.29) is 5.41 Å². The van der Waals surface area contributed by atoms with Gasteiger partial charge in [-0.3, -0.25) is 0 Å². The largest absolute Gasteiger partial charge is 0.355 e. The summed E-state index contributed by atoms with van der Waals surface area (Å²) in [5.41, 5.74) is 22.5. The minimum Gasteiger partial charge on any atom is -0.355 e. The number of rotatable bonds is 8. The Kier molecular flexibility index (Phi) is 8.57. The fourth-order valence-electron chi connectivity index (χ4n) is 11.1. The van der Waals surface area contributed by atoms with Gasteiger partial charge in [0, 0.05) is 61.4 Å². The molecule has 0 amide bonds. The molecule has 3 nitrogen and oxygen atoms in total. The molecule has 2 aliphatic rings. The summed E-state index contributed by atoms with van der Waals surface area (Å²) in [7, 11) is 2.48. The molecule has 0 saturated carbocycles. The number of aromatic nitrogens is 1. The third-order valence-corrected chi connectivity index (χ3v) is 14.2. The van der Waals surface area contributed by atoms with Crippen LogP contribution in [-0.2, 0) is 5.41 Å². The zero-order chi connectivity index (χ0) is 44.1. The summed E-state index contributed by atoms with van der Waals surface area (Å²) >= 11 is 0. The molecule has 0 aliphatic carbocycles. The van der Waals surface area contributed by atoms with Crippen LogP contribution in [0.3, 0.4) is 0 Å². The van der Waals surface area contributed by atoms with Gasteiger partial charge in [0.15, 0.2) is 7.28 Å². The smallest absolute Gasteiger partial charge is 0.197 e. The van der Waals surface area contributed by atoms with Gasteiger partial charge in [-0.05, 0) is 123 Å². The first-order valence-corrected chi connectivity index (χ1v) is 23.0. The monoisotopic (exact) mass is 842 g/mol. The van der Waals surface area contributed by atoms with Crippen molar-refractivity contribution < 1.29 is 0 Å². The van der Waals surface area contributed by atoms with Crippen molar-refractivity contribution >= 4 is 79.2 Å². The van der Waals surface area contributed by atoms with E-state index in [4.69, 9.17) is 0 Å². The molecule has 1 radical (unpaired) electrons. The summed E-state index contributed by atoms with van der Waals surface area (Å²) in [6, 6.07) is 77.9. The number of hydrogen-bond donors (Lipinski definition) is 1. The van der Waals surface area contributed by atoms with Crippen molar-refractivity contribution in [3.63, 3.8) is 0 Å². The van der Waals surface area contributed by atoms with Crippen LogP contribution in [0.4, 0.5) is 28.4 Å². The standard InChI is InChI=1S/C62H45BN3/c1-39-30-32-42(33-31-39)64-55-37-45(65(43-21-9-5-10-22-43)44-23-11-6-12-24-44)34-35-49(55)51-38-50(48-27-16-15-25-46(48)40-18-7-4-8-19-40)57-56-47-26-14-13-20-41(47)36-53-60(56)66-59-52(62(53,2)3)28-17-29-54(59)63-58(51)61(57)66/h4-38,64H,1-3H3. The van der Waals surface area contributed by atoms with Gasteiger partial charge in [-0.15, -0.1) is 0 Å². The summed E-state index contributed by atoms with van der Waals surface area (Å²) < 4.78 is 2.66. The van der Waals surface area contributed by atoms with E-state index >= 15 is 0 Å². The normalized spacial score (nSPS) is 13.0. The summed E-state index contributed by atoms with van der Waals surface area (Å²) in [4.78, 5) is 2.35. The molecule has 10 aromatic carbocycles.